The summed E-state index contributed by atoms with van der Waals surface area (Å²) < 4.78 is 5.42. The van der Waals surface area contributed by atoms with Gasteiger partial charge in [0.2, 0.25) is 0 Å². The Morgan fingerprint density at radius 2 is 2.04 bits per heavy atom. The van der Waals surface area contributed by atoms with E-state index in [0.717, 1.165) is 43.2 Å². The van der Waals surface area contributed by atoms with Gasteiger partial charge in [0.25, 0.3) is 5.91 Å². The van der Waals surface area contributed by atoms with Crippen molar-refractivity contribution in [2.75, 3.05) is 45.9 Å². The van der Waals surface area contributed by atoms with Gasteiger partial charge in [0, 0.05) is 43.7 Å². The lowest BCUT2D eigenvalue weighted by molar-refractivity contribution is -0.133. The van der Waals surface area contributed by atoms with Crippen LogP contribution in [0.1, 0.15) is 36.5 Å². The first-order valence-corrected chi connectivity index (χ1v) is 10.1. The summed E-state index contributed by atoms with van der Waals surface area (Å²) in [4.78, 5) is 24.9. The molecule has 0 spiro atoms. The van der Waals surface area contributed by atoms with E-state index in [4.69, 9.17) is 4.74 Å². The highest BCUT2D eigenvalue weighted by atomic mass is 16.5. The van der Waals surface area contributed by atoms with Crippen molar-refractivity contribution in [2.45, 2.75) is 32.8 Å². The second-order valence-corrected chi connectivity index (χ2v) is 8.83. The molecular formula is C21H30N4O3. The van der Waals surface area contributed by atoms with Crippen LogP contribution < -0.4 is 0 Å². The number of nitrogens with one attached hydrogen (secondary N) is 1. The predicted molar refractivity (Wildman–Crippen MR) is 107 cm³/mol. The van der Waals surface area contributed by atoms with Gasteiger partial charge in [-0.1, -0.05) is 13.8 Å². The topological polar surface area (TPSA) is 81.7 Å². The number of morpholine rings is 1. The van der Waals surface area contributed by atoms with Crippen molar-refractivity contribution < 1.29 is 14.6 Å². The minimum atomic E-state index is -0.814. The Kier molecular flexibility index (Phi) is 4.93. The zero-order chi connectivity index (χ0) is 19.9. The van der Waals surface area contributed by atoms with Crippen molar-refractivity contribution >= 4 is 16.9 Å². The standard InChI is InChI=1S/C21H30N4O3/c1-15-22-17-5-4-16(12-18(17)23-15)19(26)25-7-6-21(27,20(2,3)13-25)14-24-8-10-28-11-9-24/h4-5,12,27H,6-11,13-14H2,1-3H3,(H,22,23)/t21-/m0/s1. The quantitative estimate of drug-likeness (QED) is 0.841. The number of aromatic amines is 1. The van der Waals surface area contributed by atoms with E-state index < -0.39 is 11.0 Å². The summed E-state index contributed by atoms with van der Waals surface area (Å²) >= 11 is 0. The number of nitrogens with zero attached hydrogens (tertiary/aromatic N) is 3. The van der Waals surface area contributed by atoms with Crippen LogP contribution in [-0.4, -0.2) is 82.3 Å². The summed E-state index contributed by atoms with van der Waals surface area (Å²) in [5, 5.41) is 11.4. The van der Waals surface area contributed by atoms with E-state index in [1.807, 2.05) is 30.0 Å². The Bertz CT molecular complexity index is 872. The fourth-order valence-electron chi connectivity index (χ4n) is 4.41. The Labute approximate surface area is 165 Å². The van der Waals surface area contributed by atoms with Crippen molar-refractivity contribution in [2.24, 2.45) is 5.41 Å². The number of amides is 1. The molecule has 2 N–H and O–H groups in total. The first-order valence-electron chi connectivity index (χ1n) is 10.1. The van der Waals surface area contributed by atoms with E-state index >= 15 is 0 Å². The highest BCUT2D eigenvalue weighted by Crippen LogP contribution is 2.40. The zero-order valence-corrected chi connectivity index (χ0v) is 17.0. The number of hydrogen-bond donors (Lipinski definition) is 2. The third kappa shape index (κ3) is 3.54. The first-order chi connectivity index (χ1) is 13.3. The number of rotatable bonds is 3. The molecule has 4 rings (SSSR count). The van der Waals surface area contributed by atoms with Gasteiger partial charge in [0.05, 0.1) is 29.8 Å². The van der Waals surface area contributed by atoms with Crippen LogP contribution in [0.2, 0.25) is 0 Å². The fraction of sp³-hybridized carbons (Fsp3) is 0.619. The number of fused-ring (bicyclic) bond motifs is 1. The molecule has 0 aliphatic carbocycles. The molecule has 1 amide bonds. The summed E-state index contributed by atoms with van der Waals surface area (Å²) in [5.74, 6) is 0.850. The van der Waals surface area contributed by atoms with Crippen LogP contribution in [0.3, 0.4) is 0 Å². The average Bonchev–Trinajstić information content (AvgIpc) is 3.03. The van der Waals surface area contributed by atoms with Gasteiger partial charge in [-0.3, -0.25) is 9.69 Å². The van der Waals surface area contributed by atoms with Crippen LogP contribution in [-0.2, 0) is 4.74 Å². The molecule has 7 heteroatoms. The Hall–Kier alpha value is -1.96. The van der Waals surface area contributed by atoms with Gasteiger partial charge in [-0.25, -0.2) is 4.98 Å². The summed E-state index contributed by atoms with van der Waals surface area (Å²) in [7, 11) is 0. The maximum atomic E-state index is 13.1. The Balaban J connectivity index is 1.48. The number of aromatic nitrogens is 2. The average molecular weight is 386 g/mol. The smallest absolute Gasteiger partial charge is 0.253 e. The van der Waals surface area contributed by atoms with Gasteiger partial charge in [0.1, 0.15) is 5.82 Å². The Morgan fingerprint density at radius 3 is 2.75 bits per heavy atom. The molecule has 7 nitrogen and oxygen atoms in total. The number of hydrogen-bond acceptors (Lipinski definition) is 5. The minimum Gasteiger partial charge on any atom is -0.388 e. The molecule has 1 aromatic carbocycles. The molecule has 1 aromatic heterocycles. The van der Waals surface area contributed by atoms with E-state index in [-0.39, 0.29) is 5.91 Å². The maximum Gasteiger partial charge on any atom is 0.253 e. The van der Waals surface area contributed by atoms with Gasteiger partial charge in [-0.05, 0) is 31.5 Å². The van der Waals surface area contributed by atoms with Crippen LogP contribution in [0.15, 0.2) is 18.2 Å². The highest BCUT2D eigenvalue weighted by molar-refractivity contribution is 5.97. The van der Waals surface area contributed by atoms with Crippen molar-refractivity contribution in [3.8, 4) is 0 Å². The van der Waals surface area contributed by atoms with Gasteiger partial charge < -0.3 is 19.7 Å². The monoisotopic (exact) mass is 386 g/mol. The number of imidazole rings is 1. The lowest BCUT2D eigenvalue weighted by Crippen LogP contribution is -2.63. The number of carbonyl (C=O) groups excluding carboxylic acids is 1. The van der Waals surface area contributed by atoms with Crippen molar-refractivity contribution in [3.05, 3.63) is 29.6 Å². The molecule has 2 aliphatic rings. The summed E-state index contributed by atoms with van der Waals surface area (Å²) in [6, 6.07) is 5.60. The van der Waals surface area contributed by atoms with Crippen LogP contribution in [0, 0.1) is 12.3 Å². The third-order valence-corrected chi connectivity index (χ3v) is 6.36. The highest BCUT2D eigenvalue weighted by Gasteiger charge is 2.49. The normalized spacial score (nSPS) is 25.9. The molecule has 28 heavy (non-hydrogen) atoms. The predicted octanol–water partition coefficient (Wildman–Crippen LogP) is 1.81. The summed E-state index contributed by atoms with van der Waals surface area (Å²) in [5.41, 5.74) is 1.20. The molecule has 2 aliphatic heterocycles. The SMILES string of the molecule is Cc1nc2ccc(C(=O)N3CC[C@](O)(CN4CCOCC4)C(C)(C)C3)cc2[nH]1. The van der Waals surface area contributed by atoms with Crippen molar-refractivity contribution in [1.82, 2.24) is 19.8 Å². The number of H-pyrrole nitrogens is 1. The van der Waals surface area contributed by atoms with E-state index in [1.54, 1.807) is 0 Å². The van der Waals surface area contributed by atoms with Crippen molar-refractivity contribution in [3.63, 3.8) is 0 Å². The van der Waals surface area contributed by atoms with Crippen LogP contribution >= 0.6 is 0 Å². The number of piperidine rings is 1. The molecule has 0 bridgehead atoms. The number of carbonyl (C=O) groups is 1. The van der Waals surface area contributed by atoms with Gasteiger partial charge in [-0.2, -0.15) is 0 Å². The largest absolute Gasteiger partial charge is 0.388 e. The van der Waals surface area contributed by atoms with Crippen LogP contribution in [0.25, 0.3) is 11.0 Å². The third-order valence-electron chi connectivity index (χ3n) is 6.36. The van der Waals surface area contributed by atoms with Crippen LogP contribution in [0.4, 0.5) is 0 Å². The van der Waals surface area contributed by atoms with E-state index in [1.165, 1.54) is 0 Å². The van der Waals surface area contributed by atoms with Crippen LogP contribution in [0.5, 0.6) is 0 Å². The number of aliphatic hydroxyl groups is 1. The molecule has 152 valence electrons. The lowest BCUT2D eigenvalue weighted by Gasteiger charge is -2.52. The molecular weight excluding hydrogens is 356 g/mol. The van der Waals surface area contributed by atoms with Crippen molar-refractivity contribution in [1.29, 1.82) is 0 Å². The second-order valence-electron chi connectivity index (χ2n) is 8.83. The minimum absolute atomic E-state index is 0.00986. The molecule has 2 saturated heterocycles. The summed E-state index contributed by atoms with van der Waals surface area (Å²) in [6.45, 7) is 10.9. The molecule has 1 atom stereocenters. The lowest BCUT2D eigenvalue weighted by atomic mass is 9.69. The molecule has 0 radical (unpaired) electrons. The molecule has 0 unspecified atom stereocenters. The summed E-state index contributed by atoms with van der Waals surface area (Å²) in [6.07, 6.45) is 0.578. The maximum absolute atomic E-state index is 13.1. The zero-order valence-electron chi connectivity index (χ0n) is 17.0. The van der Waals surface area contributed by atoms with Gasteiger partial charge in [-0.15, -0.1) is 0 Å². The van der Waals surface area contributed by atoms with Gasteiger partial charge >= 0.3 is 0 Å². The van der Waals surface area contributed by atoms with Gasteiger partial charge in [0.15, 0.2) is 0 Å². The Morgan fingerprint density at radius 1 is 1.29 bits per heavy atom. The molecule has 3 heterocycles. The number of aryl methyl sites for hydroxylation is 1. The van der Waals surface area contributed by atoms with E-state index in [0.29, 0.717) is 31.6 Å². The first kappa shape index (κ1) is 19.4. The van der Waals surface area contributed by atoms with E-state index in [9.17, 15) is 9.90 Å². The fourth-order valence-corrected chi connectivity index (χ4v) is 4.41. The number of benzene rings is 1. The van der Waals surface area contributed by atoms with E-state index in [2.05, 4.69) is 28.7 Å². The molecule has 2 aromatic rings. The number of ether oxygens (including phenoxy) is 1. The molecule has 0 saturated carbocycles. The number of likely N-dealkylation sites (tertiary alicyclic amines) is 1. The molecule has 2 fully saturated rings. The number of β-amino-alcohol motifs (C(OH)–C–C–N with tert-alkyl or cyclic N) is 1. The second kappa shape index (κ2) is 7.13.